The van der Waals surface area contributed by atoms with Gasteiger partial charge >= 0.3 is 5.97 Å². The van der Waals surface area contributed by atoms with Gasteiger partial charge in [-0.05, 0) is 33.4 Å². The number of carbonyl (C=O) groups is 1. The summed E-state index contributed by atoms with van der Waals surface area (Å²) in [4.78, 5) is 9.90. The van der Waals surface area contributed by atoms with Crippen molar-refractivity contribution in [1.82, 2.24) is 0 Å². The normalized spacial score (nSPS) is 10.5. The highest BCUT2D eigenvalue weighted by molar-refractivity contribution is 5.86. The third-order valence-corrected chi connectivity index (χ3v) is 5.98. The molecule has 0 spiro atoms. The van der Waals surface area contributed by atoms with E-state index in [1.54, 1.807) is 14.2 Å². The predicted octanol–water partition coefficient (Wildman–Crippen LogP) is 10.5. The summed E-state index contributed by atoms with van der Waals surface area (Å²) >= 11 is 0. The second kappa shape index (κ2) is 27.8. The van der Waals surface area contributed by atoms with E-state index in [0.29, 0.717) is 6.79 Å². The monoisotopic (exact) mass is 618 g/mol. The number of benzene rings is 4. The minimum absolute atomic E-state index is 0.0509. The predicted molar refractivity (Wildman–Crippen MR) is 192 cm³/mol. The van der Waals surface area contributed by atoms with Crippen molar-refractivity contribution in [2.75, 3.05) is 34.9 Å². The molecule has 1 aliphatic rings. The summed E-state index contributed by atoms with van der Waals surface area (Å²) in [6, 6.07) is 39.5. The first-order valence-electron chi connectivity index (χ1n) is 16.0. The summed E-state index contributed by atoms with van der Waals surface area (Å²) < 4.78 is 17.7. The van der Waals surface area contributed by atoms with Crippen molar-refractivity contribution in [1.29, 1.82) is 0 Å². The van der Waals surface area contributed by atoms with E-state index in [9.17, 15) is 4.79 Å². The first kappa shape index (κ1) is 43.4. The molecule has 5 nitrogen and oxygen atoms in total. The Balaban J connectivity index is 0. The lowest BCUT2D eigenvalue weighted by atomic mass is 9.68. The molecule has 1 aliphatic carbocycles. The summed E-state index contributed by atoms with van der Waals surface area (Å²) in [5, 5.41) is 0. The van der Waals surface area contributed by atoms with Gasteiger partial charge in [0.05, 0.1) is 5.41 Å². The SMILES string of the molecule is CC.CC.CC.CC.COCOC.COCOC(C)=O.c1ccc(C2(c3ccccc3)c3ccccc3-c3ccccc32)cc1. The van der Waals surface area contributed by atoms with Crippen LogP contribution in [-0.2, 0) is 29.2 Å². The number of ether oxygens (including phenoxy) is 4. The number of hydrogen-bond acceptors (Lipinski definition) is 5. The average Bonchev–Trinajstić information content (AvgIpc) is 3.44. The topological polar surface area (TPSA) is 54.0 Å². The van der Waals surface area contributed by atoms with Crippen LogP contribution in [-0.4, -0.2) is 40.9 Å². The Morgan fingerprint density at radius 1 is 0.489 bits per heavy atom. The fourth-order valence-electron chi connectivity index (χ4n) is 4.66. The Bertz CT molecular complexity index is 1150. The number of rotatable bonds is 6. The fourth-order valence-corrected chi connectivity index (χ4v) is 4.66. The molecule has 0 unspecified atom stereocenters. The molecule has 0 saturated heterocycles. The minimum atomic E-state index is -0.318. The molecule has 0 N–H and O–H groups in total. The van der Waals surface area contributed by atoms with Crippen LogP contribution in [0.25, 0.3) is 11.1 Å². The first-order valence-corrected chi connectivity index (χ1v) is 16.0. The van der Waals surface area contributed by atoms with Gasteiger partial charge in [0.2, 0.25) is 0 Å². The van der Waals surface area contributed by atoms with Crippen LogP contribution in [0.1, 0.15) is 84.6 Å². The molecule has 4 aromatic carbocycles. The zero-order valence-electron chi connectivity index (χ0n) is 29.8. The Kier molecular flexibility index (Phi) is 26.7. The van der Waals surface area contributed by atoms with Gasteiger partial charge in [-0.3, -0.25) is 4.79 Å². The van der Waals surface area contributed by atoms with Gasteiger partial charge in [0, 0.05) is 28.3 Å². The van der Waals surface area contributed by atoms with Gasteiger partial charge in [-0.15, -0.1) is 0 Å². The second-order valence-electron chi connectivity index (χ2n) is 8.31. The highest BCUT2D eigenvalue weighted by Crippen LogP contribution is 2.55. The third-order valence-electron chi connectivity index (χ3n) is 5.98. The van der Waals surface area contributed by atoms with Crippen molar-refractivity contribution in [2.24, 2.45) is 0 Å². The maximum atomic E-state index is 9.90. The highest BCUT2D eigenvalue weighted by atomic mass is 16.7. The molecule has 0 atom stereocenters. The maximum absolute atomic E-state index is 9.90. The van der Waals surface area contributed by atoms with Crippen molar-refractivity contribution >= 4 is 5.97 Å². The molecule has 0 aliphatic heterocycles. The summed E-state index contributed by atoms with van der Waals surface area (Å²) in [6.07, 6.45) is 0. The van der Waals surface area contributed by atoms with Crippen LogP contribution in [0.3, 0.4) is 0 Å². The highest BCUT2D eigenvalue weighted by Gasteiger charge is 2.45. The molecule has 4 aromatic rings. The maximum Gasteiger partial charge on any atom is 0.304 e. The largest absolute Gasteiger partial charge is 0.439 e. The average molecular weight is 619 g/mol. The molecule has 0 aromatic heterocycles. The number of methoxy groups -OCH3 is 3. The van der Waals surface area contributed by atoms with E-state index in [1.165, 1.54) is 47.4 Å². The van der Waals surface area contributed by atoms with Crippen LogP contribution in [0, 0.1) is 0 Å². The molecule has 0 fully saturated rings. The first-order chi connectivity index (χ1) is 22.1. The third kappa shape index (κ3) is 12.6. The van der Waals surface area contributed by atoms with Crippen molar-refractivity contribution in [3.63, 3.8) is 0 Å². The Morgan fingerprint density at radius 2 is 0.800 bits per heavy atom. The minimum Gasteiger partial charge on any atom is -0.439 e. The van der Waals surface area contributed by atoms with Gasteiger partial charge in [-0.2, -0.15) is 0 Å². The van der Waals surface area contributed by atoms with Crippen LogP contribution in [0.15, 0.2) is 109 Å². The van der Waals surface area contributed by atoms with Crippen LogP contribution in [0.4, 0.5) is 0 Å². The lowest BCUT2D eigenvalue weighted by molar-refractivity contribution is -0.151. The Hall–Kier alpha value is -3.77. The van der Waals surface area contributed by atoms with Crippen LogP contribution < -0.4 is 0 Å². The summed E-state index contributed by atoms with van der Waals surface area (Å²) in [5.41, 5.74) is 7.80. The van der Waals surface area contributed by atoms with E-state index in [0.717, 1.165) is 0 Å². The molecule has 248 valence electrons. The summed E-state index contributed by atoms with van der Waals surface area (Å²) in [7, 11) is 4.63. The fraction of sp³-hybridized carbons (Fsp3) is 0.375. The zero-order valence-corrected chi connectivity index (χ0v) is 29.8. The van der Waals surface area contributed by atoms with Crippen molar-refractivity contribution in [3.8, 4) is 11.1 Å². The lowest BCUT2D eigenvalue weighted by Crippen LogP contribution is -2.28. The second-order valence-corrected chi connectivity index (χ2v) is 8.31. The Labute approximate surface area is 274 Å². The molecule has 0 saturated carbocycles. The molecule has 45 heavy (non-hydrogen) atoms. The quantitative estimate of drug-likeness (QED) is 0.140. The number of esters is 1. The summed E-state index contributed by atoms with van der Waals surface area (Å²) in [6.45, 7) is 17.8. The zero-order chi connectivity index (χ0) is 34.5. The van der Waals surface area contributed by atoms with Crippen LogP contribution >= 0.6 is 0 Å². The van der Waals surface area contributed by atoms with Gasteiger partial charge in [0.25, 0.3) is 0 Å². The molecule has 0 amide bonds. The number of hydrogen-bond donors (Lipinski definition) is 0. The van der Waals surface area contributed by atoms with Gasteiger partial charge in [-0.25, -0.2) is 0 Å². The van der Waals surface area contributed by atoms with E-state index in [4.69, 9.17) is 0 Å². The van der Waals surface area contributed by atoms with Crippen molar-refractivity contribution in [3.05, 3.63) is 131 Å². The van der Waals surface area contributed by atoms with Crippen molar-refractivity contribution in [2.45, 2.75) is 67.7 Å². The molecular weight excluding hydrogens is 560 g/mol. The van der Waals surface area contributed by atoms with E-state index in [-0.39, 0.29) is 18.2 Å². The van der Waals surface area contributed by atoms with E-state index in [2.05, 4.69) is 128 Å². The molecule has 5 rings (SSSR count). The lowest BCUT2D eigenvalue weighted by Gasteiger charge is -2.33. The van der Waals surface area contributed by atoms with E-state index < -0.39 is 0 Å². The van der Waals surface area contributed by atoms with E-state index >= 15 is 0 Å². The Morgan fingerprint density at radius 3 is 1.07 bits per heavy atom. The molecule has 0 bridgehead atoms. The van der Waals surface area contributed by atoms with Gasteiger partial charge in [0.1, 0.15) is 6.79 Å². The van der Waals surface area contributed by atoms with E-state index in [1.807, 2.05) is 55.4 Å². The number of fused-ring (bicyclic) bond motifs is 3. The molecule has 0 heterocycles. The van der Waals surface area contributed by atoms with Crippen LogP contribution in [0.2, 0.25) is 0 Å². The smallest absolute Gasteiger partial charge is 0.304 e. The van der Waals surface area contributed by atoms with Gasteiger partial charge in [0.15, 0.2) is 6.79 Å². The van der Waals surface area contributed by atoms with Crippen LogP contribution in [0.5, 0.6) is 0 Å². The van der Waals surface area contributed by atoms with Gasteiger partial charge < -0.3 is 18.9 Å². The molecule has 0 radical (unpaired) electrons. The standard InChI is InChI=1S/C25H18.C4H8O3.C3H8O2.4C2H6/c1-3-11-19(12-4-1)25(20-13-5-2-6-14-20)23-17-9-7-15-21(23)22-16-8-10-18-24(22)25;1-4(5)7-3-6-2;1-4-3-5-2;4*1-2/h1-18H;3H2,1-2H3;3H2,1-2H3;4*1-2H3. The molecule has 5 heteroatoms. The summed E-state index contributed by atoms with van der Waals surface area (Å²) in [5.74, 6) is -0.318. The number of carbonyl (C=O) groups excluding carboxylic acids is 1. The molecular formula is C40H58O5. The van der Waals surface area contributed by atoms with Crippen molar-refractivity contribution < 1.29 is 23.7 Å². The van der Waals surface area contributed by atoms with Gasteiger partial charge in [-0.1, -0.05) is 165 Å².